The predicted octanol–water partition coefficient (Wildman–Crippen LogP) is 3.58. The van der Waals surface area contributed by atoms with E-state index in [9.17, 15) is 19.8 Å². The summed E-state index contributed by atoms with van der Waals surface area (Å²) in [6.45, 7) is 2.04. The molecule has 5 nitrogen and oxygen atoms in total. The maximum absolute atomic E-state index is 12.0. The lowest BCUT2D eigenvalue weighted by Gasteiger charge is -2.16. The van der Waals surface area contributed by atoms with E-state index in [0.29, 0.717) is 25.7 Å². The Morgan fingerprint density at radius 1 is 1.19 bits per heavy atom. The van der Waals surface area contributed by atoms with E-state index in [1.54, 1.807) is 12.2 Å². The lowest BCUT2D eigenvalue weighted by molar-refractivity contribution is -0.136. The average molecular weight is 376 g/mol. The van der Waals surface area contributed by atoms with Crippen molar-refractivity contribution in [1.82, 2.24) is 0 Å². The van der Waals surface area contributed by atoms with E-state index < -0.39 is 18.2 Å². The second kappa shape index (κ2) is 13.2. The van der Waals surface area contributed by atoms with E-state index in [4.69, 9.17) is 5.11 Å². The number of rotatable bonds is 12. The first kappa shape index (κ1) is 23.1. The topological polar surface area (TPSA) is 94.8 Å². The summed E-state index contributed by atoms with van der Waals surface area (Å²) >= 11 is 0. The first-order chi connectivity index (χ1) is 13.0. The van der Waals surface area contributed by atoms with Crippen molar-refractivity contribution in [3.05, 3.63) is 48.6 Å². The fourth-order valence-corrected chi connectivity index (χ4v) is 3.10. The molecule has 1 saturated carbocycles. The third-order valence-corrected chi connectivity index (χ3v) is 4.59. The van der Waals surface area contributed by atoms with Crippen LogP contribution in [0.25, 0.3) is 0 Å². The molecule has 1 aliphatic carbocycles. The summed E-state index contributed by atoms with van der Waals surface area (Å²) in [5.74, 6) is -1.17. The van der Waals surface area contributed by atoms with Crippen LogP contribution in [-0.4, -0.2) is 39.3 Å². The predicted molar refractivity (Wildman–Crippen MR) is 106 cm³/mol. The zero-order valence-electron chi connectivity index (χ0n) is 16.0. The van der Waals surface area contributed by atoms with Gasteiger partial charge in [-0.1, -0.05) is 55.5 Å². The van der Waals surface area contributed by atoms with Gasteiger partial charge in [0, 0.05) is 24.7 Å². The molecule has 27 heavy (non-hydrogen) atoms. The van der Waals surface area contributed by atoms with Crippen molar-refractivity contribution >= 4 is 11.8 Å². The second-order valence-electron chi connectivity index (χ2n) is 6.84. The van der Waals surface area contributed by atoms with Crippen LogP contribution in [0.1, 0.15) is 51.9 Å². The molecule has 0 aromatic carbocycles. The normalized spacial score (nSPS) is 24.9. The number of carbonyl (C=O) groups excluding carboxylic acids is 1. The van der Waals surface area contributed by atoms with Gasteiger partial charge in [0.1, 0.15) is 5.78 Å². The summed E-state index contributed by atoms with van der Waals surface area (Å²) in [6.07, 6.45) is 17.2. The molecule has 0 amide bonds. The zero-order valence-corrected chi connectivity index (χ0v) is 16.0. The Balaban J connectivity index is 2.40. The molecule has 3 N–H and O–H groups in total. The number of carboxylic acid groups (broad SMARTS) is 1. The molecule has 0 heterocycles. The number of hydrogen-bond acceptors (Lipinski definition) is 4. The third kappa shape index (κ3) is 9.50. The van der Waals surface area contributed by atoms with Crippen LogP contribution < -0.4 is 0 Å². The van der Waals surface area contributed by atoms with E-state index in [2.05, 4.69) is 0 Å². The van der Waals surface area contributed by atoms with Gasteiger partial charge in [0.05, 0.1) is 12.2 Å². The van der Waals surface area contributed by atoms with Gasteiger partial charge >= 0.3 is 5.97 Å². The highest BCUT2D eigenvalue weighted by Gasteiger charge is 2.39. The van der Waals surface area contributed by atoms with E-state index in [0.717, 1.165) is 6.42 Å². The molecule has 1 rings (SSSR count). The van der Waals surface area contributed by atoms with Crippen molar-refractivity contribution < 1.29 is 24.9 Å². The van der Waals surface area contributed by atoms with Crippen molar-refractivity contribution in [2.75, 3.05) is 0 Å². The van der Waals surface area contributed by atoms with E-state index >= 15 is 0 Å². The van der Waals surface area contributed by atoms with Crippen LogP contribution in [-0.2, 0) is 9.59 Å². The molecule has 0 saturated heterocycles. The van der Waals surface area contributed by atoms with Gasteiger partial charge in [0.25, 0.3) is 0 Å². The summed E-state index contributed by atoms with van der Waals surface area (Å²) < 4.78 is 0. The summed E-state index contributed by atoms with van der Waals surface area (Å²) in [5.41, 5.74) is 0. The number of Topliss-reactive ketones (excluding diaryl/α,β-unsaturated/α-hetero) is 1. The fourth-order valence-electron chi connectivity index (χ4n) is 3.10. The lowest BCUT2D eigenvalue weighted by atomic mass is 9.90. The first-order valence-electron chi connectivity index (χ1n) is 9.69. The Labute approximate surface area is 161 Å². The van der Waals surface area contributed by atoms with Crippen LogP contribution in [0.5, 0.6) is 0 Å². The molecule has 0 aromatic rings. The third-order valence-electron chi connectivity index (χ3n) is 4.59. The van der Waals surface area contributed by atoms with Crippen molar-refractivity contribution in [1.29, 1.82) is 0 Å². The average Bonchev–Trinajstić information content (AvgIpc) is 2.88. The Kier molecular flexibility index (Phi) is 11.3. The van der Waals surface area contributed by atoms with E-state index in [1.807, 2.05) is 43.4 Å². The highest BCUT2D eigenvalue weighted by atomic mass is 16.4. The summed E-state index contributed by atoms with van der Waals surface area (Å²) in [6, 6.07) is 0. The van der Waals surface area contributed by atoms with Gasteiger partial charge in [-0.2, -0.15) is 0 Å². The maximum atomic E-state index is 12.0. The monoisotopic (exact) mass is 376 g/mol. The van der Waals surface area contributed by atoms with Crippen LogP contribution in [0.3, 0.4) is 0 Å². The van der Waals surface area contributed by atoms with Crippen LogP contribution >= 0.6 is 0 Å². The maximum Gasteiger partial charge on any atom is 0.303 e. The van der Waals surface area contributed by atoms with Crippen LogP contribution in [0.15, 0.2) is 48.6 Å². The highest BCUT2D eigenvalue weighted by molar-refractivity contribution is 5.84. The lowest BCUT2D eigenvalue weighted by Crippen LogP contribution is -2.18. The summed E-state index contributed by atoms with van der Waals surface area (Å²) in [4.78, 5) is 22.4. The molecular weight excluding hydrogens is 344 g/mol. The molecule has 0 bridgehead atoms. The van der Waals surface area contributed by atoms with Gasteiger partial charge in [-0.05, 0) is 32.1 Å². The van der Waals surface area contributed by atoms with Crippen molar-refractivity contribution in [3.63, 3.8) is 0 Å². The Hall–Kier alpha value is -1.98. The van der Waals surface area contributed by atoms with Gasteiger partial charge in [-0.3, -0.25) is 9.59 Å². The quantitative estimate of drug-likeness (QED) is 0.453. The van der Waals surface area contributed by atoms with Gasteiger partial charge in [-0.25, -0.2) is 0 Å². The summed E-state index contributed by atoms with van der Waals surface area (Å²) in [5, 5.41) is 28.7. The molecule has 5 heteroatoms. The fraction of sp³-hybridized carbons (Fsp3) is 0.545. The first-order valence-corrected chi connectivity index (χ1v) is 9.69. The van der Waals surface area contributed by atoms with Crippen LogP contribution in [0.2, 0.25) is 0 Å². The number of carbonyl (C=O) groups is 2. The summed E-state index contributed by atoms with van der Waals surface area (Å²) in [7, 11) is 0. The SMILES string of the molecule is CC/C=C\C[C@H]1C(=O)C[C@@H](O)[C@H]1/C=C/[C@@H](O)C/C=C\C/C=C\CCC(=O)O. The number of aliphatic hydroxyl groups excluding tert-OH is 2. The zero-order chi connectivity index (χ0) is 20.1. The second-order valence-corrected chi connectivity index (χ2v) is 6.84. The van der Waals surface area contributed by atoms with Crippen molar-refractivity contribution in [3.8, 4) is 0 Å². The van der Waals surface area contributed by atoms with Crippen LogP contribution in [0, 0.1) is 11.8 Å². The van der Waals surface area contributed by atoms with Crippen LogP contribution in [0.4, 0.5) is 0 Å². The smallest absolute Gasteiger partial charge is 0.303 e. The number of aliphatic carboxylic acids is 1. The minimum absolute atomic E-state index is 0.0852. The molecule has 0 spiro atoms. The number of hydrogen-bond donors (Lipinski definition) is 3. The molecule has 0 aromatic heterocycles. The number of ketones is 1. The Morgan fingerprint density at radius 3 is 2.63 bits per heavy atom. The minimum atomic E-state index is -0.803. The number of allylic oxidation sites excluding steroid dienone is 5. The minimum Gasteiger partial charge on any atom is -0.481 e. The molecule has 1 aliphatic rings. The van der Waals surface area contributed by atoms with E-state index in [-0.39, 0.29) is 30.5 Å². The van der Waals surface area contributed by atoms with Crippen molar-refractivity contribution in [2.24, 2.45) is 11.8 Å². The van der Waals surface area contributed by atoms with Crippen molar-refractivity contribution in [2.45, 2.75) is 64.1 Å². The molecule has 4 atom stereocenters. The standard InChI is InChI=1S/C22H32O5/c1-2-3-8-12-18-19(21(25)16-20(18)24)15-14-17(23)11-9-6-4-5-7-10-13-22(26)27/h3,5-9,14-15,17-19,21,23,25H,2,4,10-13,16H2,1H3,(H,26,27)/b7-5-,8-3-,9-6-,15-14+/t17-,18+,19-,21+/m0/s1. The molecule has 0 unspecified atom stereocenters. The van der Waals surface area contributed by atoms with Gasteiger partial charge < -0.3 is 15.3 Å². The number of carboxylic acids is 1. The Bertz CT molecular complexity index is 573. The molecule has 150 valence electrons. The van der Waals surface area contributed by atoms with Gasteiger partial charge in [0.2, 0.25) is 0 Å². The molecule has 0 radical (unpaired) electrons. The molecular formula is C22H32O5. The number of aliphatic hydroxyl groups is 2. The Morgan fingerprint density at radius 2 is 1.93 bits per heavy atom. The van der Waals surface area contributed by atoms with Gasteiger partial charge in [0.15, 0.2) is 0 Å². The molecule has 0 aliphatic heterocycles. The largest absolute Gasteiger partial charge is 0.481 e. The van der Waals surface area contributed by atoms with E-state index in [1.165, 1.54) is 0 Å². The molecule has 1 fully saturated rings. The highest BCUT2D eigenvalue weighted by Crippen LogP contribution is 2.33. The van der Waals surface area contributed by atoms with Gasteiger partial charge in [-0.15, -0.1) is 0 Å².